The molecule has 0 aliphatic rings. The molecule has 122 valence electrons. The van der Waals surface area contributed by atoms with Crippen molar-refractivity contribution in [3.05, 3.63) is 83.7 Å². The topological polar surface area (TPSA) is 46.9 Å². The third-order valence-corrected chi connectivity index (χ3v) is 3.53. The van der Waals surface area contributed by atoms with Crippen LogP contribution in [0.25, 0.3) is 5.69 Å². The van der Waals surface area contributed by atoms with E-state index in [1.807, 2.05) is 36.5 Å². The van der Waals surface area contributed by atoms with E-state index in [2.05, 4.69) is 10.4 Å². The van der Waals surface area contributed by atoms with Crippen LogP contribution in [0.15, 0.2) is 60.9 Å². The zero-order chi connectivity index (χ0) is 16.9. The molecule has 0 aliphatic heterocycles. The molecule has 1 heterocycles. The second-order valence-electron chi connectivity index (χ2n) is 5.28. The second kappa shape index (κ2) is 7.04. The number of rotatable bonds is 5. The van der Waals surface area contributed by atoms with Gasteiger partial charge < -0.3 is 5.32 Å². The van der Waals surface area contributed by atoms with Gasteiger partial charge in [-0.25, -0.2) is 13.5 Å². The SMILES string of the molecule is O=C(NCCc1ccc(-n2cccn2)cc1)c1cc(F)cc(F)c1. The summed E-state index contributed by atoms with van der Waals surface area (Å²) >= 11 is 0. The van der Waals surface area contributed by atoms with Crippen LogP contribution in [0, 0.1) is 11.6 Å². The van der Waals surface area contributed by atoms with Crippen LogP contribution < -0.4 is 5.32 Å². The zero-order valence-electron chi connectivity index (χ0n) is 12.7. The minimum Gasteiger partial charge on any atom is -0.352 e. The number of carbonyl (C=O) groups excluding carboxylic acids is 1. The van der Waals surface area contributed by atoms with Gasteiger partial charge in [-0.15, -0.1) is 0 Å². The number of carbonyl (C=O) groups is 1. The Kier molecular flexibility index (Phi) is 4.65. The van der Waals surface area contributed by atoms with Gasteiger partial charge in [0.05, 0.1) is 5.69 Å². The molecule has 3 rings (SSSR count). The first-order valence-corrected chi connectivity index (χ1v) is 7.45. The number of nitrogens with zero attached hydrogens (tertiary/aromatic N) is 2. The fourth-order valence-corrected chi connectivity index (χ4v) is 2.34. The van der Waals surface area contributed by atoms with Gasteiger partial charge in [0.25, 0.3) is 5.91 Å². The van der Waals surface area contributed by atoms with E-state index in [-0.39, 0.29) is 5.56 Å². The Labute approximate surface area is 137 Å². The van der Waals surface area contributed by atoms with E-state index in [9.17, 15) is 13.6 Å². The second-order valence-corrected chi connectivity index (χ2v) is 5.28. The van der Waals surface area contributed by atoms with E-state index in [1.54, 1.807) is 10.9 Å². The van der Waals surface area contributed by atoms with Gasteiger partial charge in [0, 0.05) is 30.6 Å². The normalized spacial score (nSPS) is 10.6. The first-order valence-electron chi connectivity index (χ1n) is 7.45. The van der Waals surface area contributed by atoms with Gasteiger partial charge in [0.2, 0.25) is 0 Å². The Morgan fingerprint density at radius 1 is 1.08 bits per heavy atom. The molecule has 24 heavy (non-hydrogen) atoms. The Morgan fingerprint density at radius 3 is 2.42 bits per heavy atom. The fourth-order valence-electron chi connectivity index (χ4n) is 2.34. The highest BCUT2D eigenvalue weighted by molar-refractivity contribution is 5.94. The highest BCUT2D eigenvalue weighted by atomic mass is 19.1. The molecular formula is C18H15F2N3O. The summed E-state index contributed by atoms with van der Waals surface area (Å²) in [5.74, 6) is -2.04. The number of nitrogens with one attached hydrogen (secondary N) is 1. The van der Waals surface area contributed by atoms with Crippen molar-refractivity contribution in [2.75, 3.05) is 6.54 Å². The monoisotopic (exact) mass is 327 g/mol. The summed E-state index contributed by atoms with van der Waals surface area (Å²) in [5.41, 5.74) is 1.96. The standard InChI is InChI=1S/C18H15F2N3O/c19-15-10-14(11-16(20)12-15)18(24)21-8-6-13-2-4-17(5-3-13)23-9-1-7-22-23/h1-5,7,9-12H,6,8H2,(H,21,24). The lowest BCUT2D eigenvalue weighted by Gasteiger charge is -2.07. The molecule has 0 spiro atoms. The number of hydrogen-bond donors (Lipinski definition) is 1. The van der Waals surface area contributed by atoms with Gasteiger partial charge in [-0.1, -0.05) is 12.1 Å². The minimum atomic E-state index is -0.769. The molecule has 6 heteroatoms. The molecule has 0 radical (unpaired) electrons. The van der Waals surface area contributed by atoms with E-state index >= 15 is 0 Å². The third kappa shape index (κ3) is 3.84. The molecule has 0 aliphatic carbocycles. The molecule has 1 aromatic heterocycles. The van der Waals surface area contributed by atoms with Crippen LogP contribution in [-0.2, 0) is 6.42 Å². The highest BCUT2D eigenvalue weighted by Gasteiger charge is 2.08. The smallest absolute Gasteiger partial charge is 0.251 e. The van der Waals surface area contributed by atoms with Crippen LogP contribution in [0.3, 0.4) is 0 Å². The lowest BCUT2D eigenvalue weighted by atomic mass is 10.1. The number of benzene rings is 2. The maximum atomic E-state index is 13.1. The first kappa shape index (κ1) is 15.9. The van der Waals surface area contributed by atoms with Crippen molar-refractivity contribution in [1.29, 1.82) is 0 Å². The van der Waals surface area contributed by atoms with Crippen LogP contribution in [-0.4, -0.2) is 22.2 Å². The molecule has 0 saturated heterocycles. The Hall–Kier alpha value is -3.02. The summed E-state index contributed by atoms with van der Waals surface area (Å²) in [7, 11) is 0. The van der Waals surface area contributed by atoms with E-state index in [0.29, 0.717) is 13.0 Å². The van der Waals surface area contributed by atoms with Crippen molar-refractivity contribution in [2.24, 2.45) is 0 Å². The maximum absolute atomic E-state index is 13.1. The summed E-state index contributed by atoms with van der Waals surface area (Å²) in [4.78, 5) is 11.9. The molecule has 0 bridgehead atoms. The Bertz CT molecular complexity index is 810. The fraction of sp³-hybridized carbons (Fsp3) is 0.111. The van der Waals surface area contributed by atoms with Gasteiger partial charge in [0.15, 0.2) is 0 Å². The maximum Gasteiger partial charge on any atom is 0.251 e. The number of halogens is 2. The average Bonchev–Trinajstić information content (AvgIpc) is 3.09. The van der Waals surface area contributed by atoms with Crippen molar-refractivity contribution < 1.29 is 13.6 Å². The largest absolute Gasteiger partial charge is 0.352 e. The van der Waals surface area contributed by atoms with Gasteiger partial charge in [-0.2, -0.15) is 5.10 Å². The van der Waals surface area contributed by atoms with Gasteiger partial charge in [0.1, 0.15) is 11.6 Å². The van der Waals surface area contributed by atoms with Crippen LogP contribution in [0.4, 0.5) is 8.78 Å². The number of amides is 1. The minimum absolute atomic E-state index is 0.0264. The van der Waals surface area contributed by atoms with Crippen LogP contribution in [0.1, 0.15) is 15.9 Å². The molecular weight excluding hydrogens is 312 g/mol. The van der Waals surface area contributed by atoms with Gasteiger partial charge >= 0.3 is 0 Å². The first-order chi connectivity index (χ1) is 11.6. The van der Waals surface area contributed by atoms with Gasteiger partial charge in [-0.05, 0) is 42.3 Å². The quantitative estimate of drug-likeness (QED) is 0.783. The molecule has 1 amide bonds. The van der Waals surface area contributed by atoms with Crippen molar-refractivity contribution in [3.8, 4) is 5.69 Å². The number of hydrogen-bond acceptors (Lipinski definition) is 2. The number of aromatic nitrogens is 2. The van der Waals surface area contributed by atoms with E-state index in [0.717, 1.165) is 29.4 Å². The summed E-state index contributed by atoms with van der Waals surface area (Å²) in [6, 6.07) is 12.4. The van der Waals surface area contributed by atoms with E-state index in [4.69, 9.17) is 0 Å². The molecule has 3 aromatic rings. The van der Waals surface area contributed by atoms with Gasteiger partial charge in [-0.3, -0.25) is 4.79 Å². The molecule has 4 nitrogen and oxygen atoms in total. The van der Waals surface area contributed by atoms with E-state index in [1.165, 1.54) is 0 Å². The van der Waals surface area contributed by atoms with Crippen molar-refractivity contribution in [1.82, 2.24) is 15.1 Å². The molecule has 2 aromatic carbocycles. The van der Waals surface area contributed by atoms with Crippen LogP contribution in [0.5, 0.6) is 0 Å². The Balaban J connectivity index is 1.55. The zero-order valence-corrected chi connectivity index (χ0v) is 12.7. The summed E-state index contributed by atoms with van der Waals surface area (Å²) < 4.78 is 28.0. The lowest BCUT2D eigenvalue weighted by Crippen LogP contribution is -2.25. The molecule has 0 atom stereocenters. The molecule has 1 N–H and O–H groups in total. The molecule has 0 unspecified atom stereocenters. The predicted octanol–water partition coefficient (Wildman–Crippen LogP) is 3.12. The summed E-state index contributed by atoms with van der Waals surface area (Å²) in [6.07, 6.45) is 4.18. The summed E-state index contributed by atoms with van der Waals surface area (Å²) in [5, 5.41) is 6.80. The molecule has 0 saturated carbocycles. The Morgan fingerprint density at radius 2 is 1.79 bits per heavy atom. The van der Waals surface area contributed by atoms with Crippen LogP contribution in [0.2, 0.25) is 0 Å². The van der Waals surface area contributed by atoms with Crippen molar-refractivity contribution in [2.45, 2.75) is 6.42 Å². The van der Waals surface area contributed by atoms with Crippen molar-refractivity contribution in [3.63, 3.8) is 0 Å². The van der Waals surface area contributed by atoms with E-state index < -0.39 is 17.5 Å². The lowest BCUT2D eigenvalue weighted by molar-refractivity contribution is 0.0953. The van der Waals surface area contributed by atoms with Crippen LogP contribution >= 0.6 is 0 Å². The summed E-state index contributed by atoms with van der Waals surface area (Å²) in [6.45, 7) is 0.373. The van der Waals surface area contributed by atoms with Crippen molar-refractivity contribution >= 4 is 5.91 Å². The average molecular weight is 327 g/mol. The predicted molar refractivity (Wildman–Crippen MR) is 86.0 cm³/mol. The third-order valence-electron chi connectivity index (χ3n) is 3.53. The highest BCUT2D eigenvalue weighted by Crippen LogP contribution is 2.10. The molecule has 0 fully saturated rings.